The molecule has 0 saturated heterocycles. The van der Waals surface area contributed by atoms with Gasteiger partial charge in [-0.1, -0.05) is 41.9 Å². The summed E-state index contributed by atoms with van der Waals surface area (Å²) in [5, 5.41) is 5.50. The Morgan fingerprint density at radius 2 is 1.96 bits per heavy atom. The molecule has 0 unspecified atom stereocenters. The van der Waals surface area contributed by atoms with Crippen molar-refractivity contribution < 1.29 is 9.53 Å². The fourth-order valence-electron chi connectivity index (χ4n) is 2.55. The Hall–Kier alpha value is -2.30. The van der Waals surface area contributed by atoms with Gasteiger partial charge in [0.05, 0.1) is 12.7 Å². The molecule has 1 amide bonds. The molecule has 3 aromatic rings. The number of halogens is 1. The van der Waals surface area contributed by atoms with E-state index in [0.717, 1.165) is 6.42 Å². The monoisotopic (exact) mass is 371 g/mol. The molecule has 0 aliphatic carbocycles. The summed E-state index contributed by atoms with van der Waals surface area (Å²) in [5.74, 6) is 0.330. The summed E-state index contributed by atoms with van der Waals surface area (Å²) in [4.78, 5) is 13.6. The van der Waals surface area contributed by atoms with Crippen LogP contribution >= 0.6 is 22.9 Å². The van der Waals surface area contributed by atoms with Gasteiger partial charge in [-0.2, -0.15) is 0 Å². The zero-order valence-electron chi connectivity index (χ0n) is 13.8. The molecule has 1 heterocycles. The summed E-state index contributed by atoms with van der Waals surface area (Å²) < 4.78 is 5.22. The number of nitrogens with one attached hydrogen (secondary N) is 1. The molecule has 5 heteroatoms. The minimum absolute atomic E-state index is 0.186. The molecule has 0 fully saturated rings. The van der Waals surface area contributed by atoms with Crippen molar-refractivity contribution >= 4 is 28.8 Å². The summed E-state index contributed by atoms with van der Waals surface area (Å²) in [6, 6.07) is 17.6. The quantitative estimate of drug-likeness (QED) is 0.658. The van der Waals surface area contributed by atoms with Crippen LogP contribution in [0.3, 0.4) is 0 Å². The minimum atomic E-state index is -0.186. The van der Waals surface area contributed by atoms with Crippen molar-refractivity contribution in [3.63, 3.8) is 0 Å². The number of carbonyl (C=O) groups excluding carboxylic acids is 1. The number of hydrogen-bond donors (Lipinski definition) is 1. The molecule has 25 heavy (non-hydrogen) atoms. The van der Waals surface area contributed by atoms with Gasteiger partial charge >= 0.3 is 0 Å². The van der Waals surface area contributed by atoms with E-state index < -0.39 is 0 Å². The Bertz CT molecular complexity index is 845. The van der Waals surface area contributed by atoms with E-state index in [0.29, 0.717) is 22.9 Å². The van der Waals surface area contributed by atoms with Crippen LogP contribution < -0.4 is 10.1 Å². The van der Waals surface area contributed by atoms with Crippen molar-refractivity contribution in [2.45, 2.75) is 6.42 Å². The van der Waals surface area contributed by atoms with Gasteiger partial charge in [0, 0.05) is 16.4 Å². The number of ether oxygens (including phenoxy) is 1. The van der Waals surface area contributed by atoms with Gasteiger partial charge in [0.25, 0.3) is 5.91 Å². The first-order valence-electron chi connectivity index (χ1n) is 7.92. The number of rotatable bonds is 6. The minimum Gasteiger partial charge on any atom is -0.496 e. The average molecular weight is 372 g/mol. The van der Waals surface area contributed by atoms with Crippen LogP contribution in [0.25, 0.3) is 10.4 Å². The van der Waals surface area contributed by atoms with Gasteiger partial charge < -0.3 is 10.1 Å². The number of thiophene rings is 1. The predicted molar refractivity (Wildman–Crippen MR) is 104 cm³/mol. The highest BCUT2D eigenvalue weighted by molar-refractivity contribution is 7.13. The van der Waals surface area contributed by atoms with Gasteiger partial charge in [-0.15, -0.1) is 11.3 Å². The van der Waals surface area contributed by atoms with Gasteiger partial charge in [0.15, 0.2) is 0 Å². The van der Waals surface area contributed by atoms with Crippen LogP contribution in [0.1, 0.15) is 15.9 Å². The normalized spacial score (nSPS) is 10.5. The molecule has 1 aromatic heterocycles. The van der Waals surface area contributed by atoms with Gasteiger partial charge in [-0.25, -0.2) is 0 Å². The van der Waals surface area contributed by atoms with Crippen molar-refractivity contribution in [1.29, 1.82) is 0 Å². The van der Waals surface area contributed by atoms with Crippen LogP contribution in [0.2, 0.25) is 5.02 Å². The lowest BCUT2D eigenvalue weighted by Crippen LogP contribution is -2.26. The molecular weight excluding hydrogens is 354 g/mol. The second kappa shape index (κ2) is 8.19. The zero-order valence-corrected chi connectivity index (χ0v) is 15.4. The molecule has 2 aromatic carbocycles. The number of methoxy groups -OCH3 is 1. The van der Waals surface area contributed by atoms with Crippen molar-refractivity contribution in [1.82, 2.24) is 5.32 Å². The summed E-state index contributed by atoms with van der Waals surface area (Å²) in [6.45, 7) is 0.548. The van der Waals surface area contributed by atoms with Crippen molar-refractivity contribution in [3.05, 3.63) is 76.1 Å². The molecule has 128 valence electrons. The van der Waals surface area contributed by atoms with Crippen LogP contribution in [-0.4, -0.2) is 19.6 Å². The molecular formula is C20H18ClNO2S. The summed E-state index contributed by atoms with van der Waals surface area (Å²) in [5.41, 5.74) is 2.84. The van der Waals surface area contributed by atoms with E-state index in [2.05, 4.69) is 41.0 Å². The van der Waals surface area contributed by atoms with Gasteiger partial charge in [-0.3, -0.25) is 4.79 Å². The molecule has 0 radical (unpaired) electrons. The standard InChI is InChI=1S/C20H18ClNO2S/c1-24-18-9-8-16(21)13-17(18)20(23)22-11-10-14-4-6-15(7-5-14)19-3-2-12-25-19/h2-9,12-13H,10-11H2,1H3,(H,22,23). The third kappa shape index (κ3) is 4.41. The Balaban J connectivity index is 1.58. The fourth-order valence-corrected chi connectivity index (χ4v) is 3.46. The summed E-state index contributed by atoms with van der Waals surface area (Å²) in [7, 11) is 1.54. The molecule has 0 aliphatic rings. The molecule has 3 rings (SSSR count). The number of hydrogen-bond acceptors (Lipinski definition) is 3. The topological polar surface area (TPSA) is 38.3 Å². The molecule has 0 bridgehead atoms. The summed E-state index contributed by atoms with van der Waals surface area (Å²) in [6.07, 6.45) is 0.763. The second-order valence-corrected chi connectivity index (χ2v) is 6.91. The molecule has 0 atom stereocenters. The highest BCUT2D eigenvalue weighted by Crippen LogP contribution is 2.25. The lowest BCUT2D eigenvalue weighted by atomic mass is 10.1. The van der Waals surface area contributed by atoms with E-state index in [1.54, 1.807) is 29.5 Å². The Morgan fingerprint density at radius 3 is 2.64 bits per heavy atom. The van der Waals surface area contributed by atoms with Crippen LogP contribution in [0.5, 0.6) is 5.75 Å². The molecule has 0 aliphatic heterocycles. The maximum Gasteiger partial charge on any atom is 0.255 e. The maximum atomic E-state index is 12.3. The van der Waals surface area contributed by atoms with Gasteiger partial charge in [0.1, 0.15) is 5.75 Å². The lowest BCUT2D eigenvalue weighted by Gasteiger charge is -2.10. The third-order valence-electron chi connectivity index (χ3n) is 3.87. The van der Waals surface area contributed by atoms with Crippen LogP contribution in [-0.2, 0) is 6.42 Å². The highest BCUT2D eigenvalue weighted by atomic mass is 35.5. The molecule has 3 nitrogen and oxygen atoms in total. The smallest absolute Gasteiger partial charge is 0.255 e. The average Bonchev–Trinajstić information content (AvgIpc) is 3.17. The van der Waals surface area contributed by atoms with E-state index in [-0.39, 0.29) is 5.91 Å². The highest BCUT2D eigenvalue weighted by Gasteiger charge is 2.12. The fraction of sp³-hybridized carbons (Fsp3) is 0.150. The molecule has 1 N–H and O–H groups in total. The van der Waals surface area contributed by atoms with E-state index in [1.807, 2.05) is 6.07 Å². The first-order chi connectivity index (χ1) is 12.2. The Kier molecular flexibility index (Phi) is 5.74. The van der Waals surface area contributed by atoms with Gasteiger partial charge in [-0.05, 0) is 47.2 Å². The van der Waals surface area contributed by atoms with Crippen LogP contribution in [0.4, 0.5) is 0 Å². The van der Waals surface area contributed by atoms with E-state index >= 15 is 0 Å². The van der Waals surface area contributed by atoms with E-state index in [9.17, 15) is 4.79 Å². The van der Waals surface area contributed by atoms with Crippen LogP contribution in [0.15, 0.2) is 60.0 Å². The number of amides is 1. The van der Waals surface area contributed by atoms with Crippen molar-refractivity contribution in [2.75, 3.05) is 13.7 Å². The second-order valence-electron chi connectivity index (χ2n) is 5.52. The third-order valence-corrected chi connectivity index (χ3v) is 5.02. The maximum absolute atomic E-state index is 12.3. The first kappa shape index (κ1) is 17.5. The lowest BCUT2D eigenvalue weighted by molar-refractivity contribution is 0.0951. The van der Waals surface area contributed by atoms with Crippen LogP contribution in [0, 0.1) is 0 Å². The predicted octanol–water partition coefficient (Wildman–Crippen LogP) is 5.05. The Morgan fingerprint density at radius 1 is 1.16 bits per heavy atom. The zero-order chi connectivity index (χ0) is 17.6. The summed E-state index contributed by atoms with van der Waals surface area (Å²) >= 11 is 7.70. The Labute approximate surface area is 156 Å². The van der Waals surface area contributed by atoms with Crippen molar-refractivity contribution in [2.24, 2.45) is 0 Å². The van der Waals surface area contributed by atoms with E-state index in [1.165, 1.54) is 23.1 Å². The number of benzene rings is 2. The number of carbonyl (C=O) groups is 1. The molecule has 0 saturated carbocycles. The van der Waals surface area contributed by atoms with Crippen molar-refractivity contribution in [3.8, 4) is 16.2 Å². The van der Waals surface area contributed by atoms with Gasteiger partial charge in [0.2, 0.25) is 0 Å². The SMILES string of the molecule is COc1ccc(Cl)cc1C(=O)NCCc1ccc(-c2cccs2)cc1. The van der Waals surface area contributed by atoms with E-state index in [4.69, 9.17) is 16.3 Å². The molecule has 0 spiro atoms. The largest absolute Gasteiger partial charge is 0.496 e. The first-order valence-corrected chi connectivity index (χ1v) is 9.17.